The molecule has 2 aliphatic rings. The van der Waals surface area contributed by atoms with Crippen LogP contribution in [0, 0.1) is 20.2 Å². The van der Waals surface area contributed by atoms with Crippen LogP contribution in [0.3, 0.4) is 0 Å². The molecule has 2 aromatic rings. The molecule has 1 N–H and O–H groups in total. The second-order valence-corrected chi connectivity index (χ2v) is 9.77. The van der Waals surface area contributed by atoms with Gasteiger partial charge in [-0.05, 0) is 77.5 Å². The lowest BCUT2D eigenvalue weighted by Gasteiger charge is -2.26. The van der Waals surface area contributed by atoms with E-state index in [1.165, 1.54) is 31.9 Å². The van der Waals surface area contributed by atoms with E-state index in [4.69, 9.17) is 21.1 Å². The number of nitro benzene ring substituents is 2. The van der Waals surface area contributed by atoms with Gasteiger partial charge in [-0.2, -0.15) is 0 Å². The summed E-state index contributed by atoms with van der Waals surface area (Å²) >= 11 is 4.82. The van der Waals surface area contributed by atoms with Crippen LogP contribution >= 0.6 is 11.6 Å². The molecule has 2 aliphatic heterocycles. The van der Waals surface area contributed by atoms with E-state index in [-0.39, 0.29) is 28.3 Å². The molecule has 0 aromatic heterocycles. The van der Waals surface area contributed by atoms with Gasteiger partial charge in [0.1, 0.15) is 0 Å². The number of carbonyl (C=O) groups excluding carboxylic acids is 2. The van der Waals surface area contributed by atoms with Gasteiger partial charge in [-0.1, -0.05) is 26.0 Å². The molecule has 2 aromatic carbocycles. The van der Waals surface area contributed by atoms with Crippen LogP contribution in [-0.2, 0) is 9.59 Å². The number of hydrogen-bond acceptors (Lipinski definition) is 9. The first-order valence-electron chi connectivity index (χ1n) is 13.8. The van der Waals surface area contributed by atoms with E-state index in [1.54, 1.807) is 31.2 Å². The summed E-state index contributed by atoms with van der Waals surface area (Å²) in [5.74, 6) is 0.712. The summed E-state index contributed by atoms with van der Waals surface area (Å²) in [5.41, 5.74) is 4.15. The van der Waals surface area contributed by atoms with E-state index in [1.807, 2.05) is 17.9 Å². The monoisotopic (exact) mass is 616 g/mol. The lowest BCUT2D eigenvalue weighted by atomic mass is 9.98. The third kappa shape index (κ3) is 10.5. The molecule has 1 amide bonds. The van der Waals surface area contributed by atoms with Gasteiger partial charge in [0.05, 0.1) is 24.1 Å². The lowest BCUT2D eigenvalue weighted by Crippen LogP contribution is -2.34. The molecule has 0 bridgehead atoms. The smallest absolute Gasteiger partial charge is 0.310 e. The average Bonchev–Trinajstić information content (AvgIpc) is 3.04. The van der Waals surface area contributed by atoms with E-state index in [2.05, 4.69) is 11.4 Å². The first kappa shape index (κ1) is 34.9. The van der Waals surface area contributed by atoms with Crippen LogP contribution in [0.1, 0.15) is 50.7 Å². The molecule has 0 radical (unpaired) electrons. The number of nitrogens with zero attached hydrogens (tertiary/aromatic N) is 3. The molecule has 0 saturated heterocycles. The molecule has 12 nitrogen and oxygen atoms in total. The first-order valence-corrected chi connectivity index (χ1v) is 14.1. The van der Waals surface area contributed by atoms with Crippen LogP contribution < -0.4 is 14.8 Å². The maximum absolute atomic E-state index is 11.6. The van der Waals surface area contributed by atoms with Crippen LogP contribution in [0.25, 0.3) is 11.1 Å². The molecule has 43 heavy (non-hydrogen) atoms. The van der Waals surface area contributed by atoms with Crippen LogP contribution in [0.15, 0.2) is 48.6 Å². The summed E-state index contributed by atoms with van der Waals surface area (Å²) in [7, 11) is 2.87. The van der Waals surface area contributed by atoms with Crippen molar-refractivity contribution in [1.29, 1.82) is 0 Å². The zero-order chi connectivity index (χ0) is 31.9. The Morgan fingerprint density at radius 3 is 1.74 bits per heavy atom. The summed E-state index contributed by atoms with van der Waals surface area (Å²) in [4.78, 5) is 43.8. The number of benzene rings is 2. The molecule has 0 atom stereocenters. The van der Waals surface area contributed by atoms with Crippen LogP contribution in [-0.4, -0.2) is 66.3 Å². The second kappa shape index (κ2) is 17.6. The first-order chi connectivity index (χ1) is 20.6. The number of halogens is 1. The maximum atomic E-state index is 11.6. The number of ether oxygens (including phenoxy) is 2. The van der Waals surface area contributed by atoms with Gasteiger partial charge >= 0.3 is 11.4 Å². The SMILES string of the molecule is CCC(=O)Cl.CCC(=O)N1CC=C(c2ccc([N+](=O)[O-])c(OC)c2)CC1.COc1cc(C2=CCNCC2)ccc1[N+](=O)[O-]. The number of nitro groups is 2. The van der Waals surface area contributed by atoms with Crippen molar-refractivity contribution in [3.8, 4) is 11.5 Å². The minimum Gasteiger partial charge on any atom is -0.490 e. The normalized spacial score (nSPS) is 14.0. The molecule has 13 heteroatoms. The molecule has 0 saturated carbocycles. The minimum absolute atomic E-state index is 0.00536. The van der Waals surface area contributed by atoms with Crippen molar-refractivity contribution in [3.05, 3.63) is 79.9 Å². The average molecular weight is 617 g/mol. The Kier molecular flexibility index (Phi) is 14.3. The van der Waals surface area contributed by atoms with Crippen molar-refractivity contribution in [2.75, 3.05) is 40.4 Å². The van der Waals surface area contributed by atoms with Gasteiger partial charge in [-0.3, -0.25) is 29.8 Å². The fraction of sp³-hybridized carbons (Fsp3) is 0.400. The second-order valence-electron chi connectivity index (χ2n) is 9.35. The maximum Gasteiger partial charge on any atom is 0.310 e. The summed E-state index contributed by atoms with van der Waals surface area (Å²) in [6, 6.07) is 9.87. The van der Waals surface area contributed by atoms with E-state index < -0.39 is 9.85 Å². The Bertz CT molecular complexity index is 1380. The van der Waals surface area contributed by atoms with Crippen molar-refractivity contribution < 1.29 is 28.9 Å². The van der Waals surface area contributed by atoms with Crippen LogP contribution in [0.2, 0.25) is 0 Å². The van der Waals surface area contributed by atoms with Gasteiger partial charge < -0.3 is 19.7 Å². The largest absolute Gasteiger partial charge is 0.490 e. The van der Waals surface area contributed by atoms with Crippen LogP contribution in [0.4, 0.5) is 11.4 Å². The third-order valence-electron chi connectivity index (χ3n) is 6.70. The van der Waals surface area contributed by atoms with E-state index >= 15 is 0 Å². The predicted octanol–water partition coefficient (Wildman–Crippen LogP) is 5.77. The minimum atomic E-state index is -0.459. The number of carbonyl (C=O) groups is 2. The molecule has 0 aliphatic carbocycles. The zero-order valence-electron chi connectivity index (χ0n) is 24.8. The number of amides is 1. The highest BCUT2D eigenvalue weighted by Gasteiger charge is 2.20. The van der Waals surface area contributed by atoms with Gasteiger partial charge in [0, 0.05) is 44.6 Å². The van der Waals surface area contributed by atoms with Crippen molar-refractivity contribution in [2.45, 2.75) is 39.5 Å². The summed E-state index contributed by atoms with van der Waals surface area (Å²) < 4.78 is 10.1. The highest BCUT2D eigenvalue weighted by Crippen LogP contribution is 2.33. The van der Waals surface area contributed by atoms with Gasteiger partial charge in [-0.25, -0.2) is 0 Å². The zero-order valence-corrected chi connectivity index (χ0v) is 25.5. The quantitative estimate of drug-likeness (QED) is 0.221. The van der Waals surface area contributed by atoms with Crippen molar-refractivity contribution >= 4 is 45.3 Å². The Morgan fingerprint density at radius 1 is 0.884 bits per heavy atom. The highest BCUT2D eigenvalue weighted by molar-refractivity contribution is 6.63. The van der Waals surface area contributed by atoms with Crippen LogP contribution in [0.5, 0.6) is 11.5 Å². The van der Waals surface area contributed by atoms with Crippen molar-refractivity contribution in [1.82, 2.24) is 10.2 Å². The summed E-state index contributed by atoms with van der Waals surface area (Å²) in [6.45, 7) is 6.61. The Morgan fingerprint density at radius 2 is 1.40 bits per heavy atom. The number of rotatable bonds is 8. The number of hydrogen-bond donors (Lipinski definition) is 1. The molecule has 4 rings (SSSR count). The highest BCUT2D eigenvalue weighted by atomic mass is 35.5. The van der Waals surface area contributed by atoms with Gasteiger partial charge in [0.2, 0.25) is 11.1 Å². The molecule has 2 heterocycles. The predicted molar refractivity (Wildman–Crippen MR) is 165 cm³/mol. The summed E-state index contributed by atoms with van der Waals surface area (Å²) in [6.07, 6.45) is 6.71. The molecule has 232 valence electrons. The van der Waals surface area contributed by atoms with Gasteiger partial charge in [0.25, 0.3) is 0 Å². The van der Waals surface area contributed by atoms with Crippen molar-refractivity contribution in [2.24, 2.45) is 0 Å². The Hall–Kier alpha value is -4.29. The molecule has 0 unspecified atom stereocenters. The molecular formula is C30H37ClN4O8. The lowest BCUT2D eigenvalue weighted by molar-refractivity contribution is -0.385. The summed E-state index contributed by atoms with van der Waals surface area (Å²) in [5, 5.41) is 24.6. The number of nitrogens with one attached hydrogen (secondary N) is 1. The van der Waals surface area contributed by atoms with E-state index in [0.717, 1.165) is 42.6 Å². The fourth-order valence-corrected chi connectivity index (χ4v) is 4.32. The van der Waals surface area contributed by atoms with E-state index in [0.29, 0.717) is 31.7 Å². The fourth-order valence-electron chi connectivity index (χ4n) is 4.32. The molecule has 0 fully saturated rings. The van der Waals surface area contributed by atoms with Gasteiger partial charge in [0.15, 0.2) is 11.5 Å². The van der Waals surface area contributed by atoms with Gasteiger partial charge in [-0.15, -0.1) is 0 Å². The number of methoxy groups -OCH3 is 2. The van der Waals surface area contributed by atoms with E-state index in [9.17, 15) is 29.8 Å². The Labute approximate surface area is 255 Å². The Balaban J connectivity index is 0.000000264. The topological polar surface area (TPSA) is 154 Å². The standard InChI is InChI=1S/C15H18N2O4.C12H14N2O3.C3H5ClO/c1-3-15(18)16-8-6-11(7-9-16)12-4-5-13(17(19)20)14(10-12)21-2;1-17-12-8-10(2-3-11(12)14(15)16)9-4-6-13-7-5-9;1-2-3(4)5/h4-6,10H,3,7-9H2,1-2H3;2-4,8,13H,5-7H2,1H3;2H2,1H3. The molecular weight excluding hydrogens is 580 g/mol. The molecule has 0 spiro atoms. The van der Waals surface area contributed by atoms with Crippen molar-refractivity contribution in [3.63, 3.8) is 0 Å². The third-order valence-corrected chi connectivity index (χ3v) is 6.97.